The van der Waals surface area contributed by atoms with Gasteiger partial charge in [-0.3, -0.25) is 0 Å². The fraction of sp³-hybridized carbons (Fsp3) is 0.625. The Balaban J connectivity index is 2.27. The van der Waals surface area contributed by atoms with Crippen molar-refractivity contribution in [2.45, 2.75) is 26.3 Å². The third-order valence-electron chi connectivity index (χ3n) is 2.50. The van der Waals surface area contributed by atoms with E-state index < -0.39 is 0 Å². The van der Waals surface area contributed by atoms with Gasteiger partial charge in [-0.05, 0) is 11.8 Å². The van der Waals surface area contributed by atoms with Gasteiger partial charge < -0.3 is 10.3 Å². The van der Waals surface area contributed by atoms with Crippen LogP contribution in [0, 0.1) is 5.41 Å². The van der Waals surface area contributed by atoms with Gasteiger partial charge in [-0.1, -0.05) is 13.8 Å². The van der Waals surface area contributed by atoms with Crippen molar-refractivity contribution in [3.8, 4) is 0 Å². The molecular formula is C8H13N3. The van der Waals surface area contributed by atoms with Crippen molar-refractivity contribution >= 4 is 5.95 Å². The molecule has 1 aromatic rings. The molecule has 1 aliphatic rings. The molecule has 1 aliphatic carbocycles. The van der Waals surface area contributed by atoms with Gasteiger partial charge >= 0.3 is 0 Å². The number of nitrogen functional groups attached to an aromatic ring is 1. The molecule has 11 heavy (non-hydrogen) atoms. The Kier molecular flexibility index (Phi) is 1.09. The number of hydrogen-bond acceptors (Lipinski definition) is 2. The van der Waals surface area contributed by atoms with Gasteiger partial charge in [0.05, 0.1) is 0 Å². The van der Waals surface area contributed by atoms with Crippen LogP contribution in [0.25, 0.3) is 0 Å². The van der Waals surface area contributed by atoms with Crippen LogP contribution in [0.5, 0.6) is 0 Å². The van der Waals surface area contributed by atoms with E-state index in [0.29, 0.717) is 17.4 Å². The van der Waals surface area contributed by atoms with Crippen molar-refractivity contribution in [3.63, 3.8) is 0 Å². The molecule has 0 spiro atoms. The zero-order chi connectivity index (χ0) is 8.06. The van der Waals surface area contributed by atoms with Gasteiger partial charge in [0, 0.05) is 18.4 Å². The van der Waals surface area contributed by atoms with Crippen molar-refractivity contribution in [1.82, 2.24) is 9.55 Å². The molecule has 1 saturated carbocycles. The topological polar surface area (TPSA) is 43.8 Å². The number of aromatic nitrogens is 2. The third kappa shape index (κ3) is 0.914. The molecule has 0 bridgehead atoms. The molecule has 1 fully saturated rings. The number of hydrogen-bond donors (Lipinski definition) is 1. The second-order valence-electron chi connectivity index (χ2n) is 3.90. The largest absolute Gasteiger partial charge is 0.369 e. The first kappa shape index (κ1) is 6.70. The van der Waals surface area contributed by atoms with Gasteiger partial charge in [0.15, 0.2) is 5.95 Å². The molecule has 0 aliphatic heterocycles. The number of nitrogens with zero attached hydrogens (tertiary/aromatic N) is 2. The smallest absolute Gasteiger partial charge is 0.200 e. The summed E-state index contributed by atoms with van der Waals surface area (Å²) < 4.78 is 2.06. The van der Waals surface area contributed by atoms with E-state index in [4.69, 9.17) is 5.73 Å². The summed E-state index contributed by atoms with van der Waals surface area (Å²) in [5.41, 5.74) is 6.08. The molecule has 1 aromatic heterocycles. The SMILES string of the molecule is CC1(C)CC1n1ccnc1N. The van der Waals surface area contributed by atoms with E-state index in [1.165, 1.54) is 6.42 Å². The third-order valence-corrected chi connectivity index (χ3v) is 2.50. The maximum Gasteiger partial charge on any atom is 0.200 e. The lowest BCUT2D eigenvalue weighted by Gasteiger charge is -2.05. The monoisotopic (exact) mass is 151 g/mol. The van der Waals surface area contributed by atoms with Crippen LogP contribution in [0.15, 0.2) is 12.4 Å². The normalized spacial score (nSPS) is 26.9. The number of nitrogens with two attached hydrogens (primary N) is 1. The lowest BCUT2D eigenvalue weighted by molar-refractivity contribution is 0.545. The van der Waals surface area contributed by atoms with Crippen molar-refractivity contribution < 1.29 is 0 Å². The van der Waals surface area contributed by atoms with Crippen LogP contribution in [0.3, 0.4) is 0 Å². The molecule has 60 valence electrons. The maximum atomic E-state index is 5.65. The number of rotatable bonds is 1. The molecule has 1 unspecified atom stereocenters. The van der Waals surface area contributed by atoms with Gasteiger partial charge in [-0.25, -0.2) is 4.98 Å². The van der Waals surface area contributed by atoms with E-state index in [9.17, 15) is 0 Å². The summed E-state index contributed by atoms with van der Waals surface area (Å²) >= 11 is 0. The molecule has 1 heterocycles. The zero-order valence-corrected chi connectivity index (χ0v) is 6.91. The highest BCUT2D eigenvalue weighted by Gasteiger charge is 2.47. The minimum Gasteiger partial charge on any atom is -0.369 e. The van der Waals surface area contributed by atoms with Crippen molar-refractivity contribution in [2.75, 3.05) is 5.73 Å². The van der Waals surface area contributed by atoms with E-state index in [0.717, 1.165) is 0 Å². The molecule has 0 radical (unpaired) electrons. The summed E-state index contributed by atoms with van der Waals surface area (Å²) in [6.45, 7) is 4.49. The van der Waals surface area contributed by atoms with Crippen molar-refractivity contribution in [3.05, 3.63) is 12.4 Å². The van der Waals surface area contributed by atoms with E-state index in [1.807, 2.05) is 6.20 Å². The summed E-state index contributed by atoms with van der Waals surface area (Å²) in [5.74, 6) is 0.639. The molecular weight excluding hydrogens is 138 g/mol. The molecule has 2 N–H and O–H groups in total. The predicted octanol–water partition coefficient (Wildman–Crippen LogP) is 1.44. The summed E-state index contributed by atoms with van der Waals surface area (Å²) in [7, 11) is 0. The summed E-state index contributed by atoms with van der Waals surface area (Å²) in [4.78, 5) is 3.98. The highest BCUT2D eigenvalue weighted by molar-refractivity contribution is 5.22. The van der Waals surface area contributed by atoms with Crippen LogP contribution in [0.4, 0.5) is 5.95 Å². The predicted molar refractivity (Wildman–Crippen MR) is 44.1 cm³/mol. The van der Waals surface area contributed by atoms with Gasteiger partial charge in [0.1, 0.15) is 0 Å². The van der Waals surface area contributed by atoms with E-state index in [1.54, 1.807) is 6.20 Å². The van der Waals surface area contributed by atoms with Crippen molar-refractivity contribution in [2.24, 2.45) is 5.41 Å². The highest BCUT2D eigenvalue weighted by atomic mass is 15.2. The van der Waals surface area contributed by atoms with E-state index >= 15 is 0 Å². The zero-order valence-electron chi connectivity index (χ0n) is 6.91. The number of anilines is 1. The van der Waals surface area contributed by atoms with Crippen LogP contribution < -0.4 is 5.73 Å². The highest BCUT2D eigenvalue weighted by Crippen LogP contribution is 2.55. The standard InChI is InChI=1S/C8H13N3/c1-8(2)5-6(8)11-4-3-10-7(11)9/h3-4,6H,5H2,1-2H3,(H2,9,10). The summed E-state index contributed by atoms with van der Waals surface area (Å²) in [6, 6.07) is 0.574. The first-order valence-electron chi connectivity index (χ1n) is 3.89. The van der Waals surface area contributed by atoms with E-state index in [2.05, 4.69) is 23.4 Å². The Morgan fingerprint density at radius 2 is 2.36 bits per heavy atom. The second-order valence-corrected chi connectivity index (χ2v) is 3.90. The van der Waals surface area contributed by atoms with Gasteiger partial charge in [-0.2, -0.15) is 0 Å². The quantitative estimate of drug-likeness (QED) is 0.660. The lowest BCUT2D eigenvalue weighted by atomic mass is 10.2. The summed E-state index contributed by atoms with van der Waals surface area (Å²) in [6.07, 6.45) is 4.92. The van der Waals surface area contributed by atoms with Gasteiger partial charge in [-0.15, -0.1) is 0 Å². The first-order valence-corrected chi connectivity index (χ1v) is 3.89. The number of imidazole rings is 1. The fourth-order valence-corrected chi connectivity index (χ4v) is 1.50. The maximum absolute atomic E-state index is 5.65. The molecule has 2 rings (SSSR count). The Hall–Kier alpha value is -0.990. The minimum atomic E-state index is 0.425. The average Bonchev–Trinajstić information content (AvgIpc) is 2.38. The van der Waals surface area contributed by atoms with Crippen LogP contribution in [-0.4, -0.2) is 9.55 Å². The Labute approximate surface area is 66.2 Å². The van der Waals surface area contributed by atoms with Gasteiger partial charge in [0.25, 0.3) is 0 Å². The molecule has 3 nitrogen and oxygen atoms in total. The molecule has 0 saturated heterocycles. The molecule has 1 atom stereocenters. The molecule has 3 heteroatoms. The molecule has 0 aromatic carbocycles. The summed E-state index contributed by atoms with van der Waals surface area (Å²) in [5, 5.41) is 0. The van der Waals surface area contributed by atoms with E-state index in [-0.39, 0.29) is 0 Å². The van der Waals surface area contributed by atoms with Crippen LogP contribution in [0.2, 0.25) is 0 Å². The second kappa shape index (κ2) is 1.78. The van der Waals surface area contributed by atoms with Crippen molar-refractivity contribution in [1.29, 1.82) is 0 Å². The Morgan fingerprint density at radius 1 is 1.73 bits per heavy atom. The van der Waals surface area contributed by atoms with Gasteiger partial charge in [0.2, 0.25) is 0 Å². The minimum absolute atomic E-state index is 0.425. The lowest BCUT2D eigenvalue weighted by Crippen LogP contribution is -2.03. The Morgan fingerprint density at radius 3 is 2.73 bits per heavy atom. The van der Waals surface area contributed by atoms with Crippen LogP contribution in [0.1, 0.15) is 26.3 Å². The first-order chi connectivity index (χ1) is 5.11. The average molecular weight is 151 g/mol. The fourth-order valence-electron chi connectivity index (χ4n) is 1.50. The van der Waals surface area contributed by atoms with Crippen LogP contribution >= 0.6 is 0 Å². The van der Waals surface area contributed by atoms with Crippen LogP contribution in [-0.2, 0) is 0 Å². The Bertz CT molecular complexity index is 275. The molecule has 0 amide bonds.